The summed E-state index contributed by atoms with van der Waals surface area (Å²) in [6.07, 6.45) is -2.96. The molecule has 2 aromatic rings. The molecule has 4 atom stereocenters. The van der Waals surface area contributed by atoms with Crippen molar-refractivity contribution in [2.24, 2.45) is 0 Å². The van der Waals surface area contributed by atoms with Crippen molar-refractivity contribution in [3.05, 3.63) is 71.8 Å². The van der Waals surface area contributed by atoms with Gasteiger partial charge in [-0.25, -0.2) is 4.79 Å². The second-order valence-corrected chi connectivity index (χ2v) is 9.35. The van der Waals surface area contributed by atoms with E-state index in [4.69, 9.17) is 9.94 Å². The Morgan fingerprint density at radius 2 is 1.66 bits per heavy atom. The lowest BCUT2D eigenvalue weighted by Gasteiger charge is -2.53. The van der Waals surface area contributed by atoms with Gasteiger partial charge in [-0.15, -0.1) is 0 Å². The topological polar surface area (TPSA) is 140 Å². The van der Waals surface area contributed by atoms with E-state index in [9.17, 15) is 24.3 Å². The third-order valence-electron chi connectivity index (χ3n) is 6.77. The maximum Gasteiger partial charge on any atom is 0.433 e. The summed E-state index contributed by atoms with van der Waals surface area (Å²) >= 11 is 0. The fourth-order valence-corrected chi connectivity index (χ4v) is 4.92. The highest BCUT2D eigenvalue weighted by atomic mass is 16.7. The highest BCUT2D eigenvalue weighted by Crippen LogP contribution is 2.30. The average molecular weight is 525 g/mol. The zero-order valence-electron chi connectivity index (χ0n) is 21.1. The lowest BCUT2D eigenvalue weighted by atomic mass is 9.95. The Bertz CT molecular complexity index is 1150. The number of amides is 4. The lowest BCUT2D eigenvalue weighted by Crippen LogP contribution is -2.75. The highest BCUT2D eigenvalue weighted by Gasteiger charge is 2.53. The number of carboxylic acid groups (broad SMARTS) is 1. The van der Waals surface area contributed by atoms with Crippen molar-refractivity contribution < 1.29 is 34.2 Å². The van der Waals surface area contributed by atoms with Crippen LogP contribution in [0.25, 0.3) is 0 Å². The molecule has 0 saturated carbocycles. The maximum absolute atomic E-state index is 14.1. The molecule has 0 bridgehead atoms. The van der Waals surface area contributed by atoms with Crippen molar-refractivity contribution in [3.63, 3.8) is 0 Å². The molecule has 0 radical (unpaired) electrons. The van der Waals surface area contributed by atoms with Crippen LogP contribution in [0.5, 0.6) is 0 Å². The molecule has 4 rings (SSSR count). The van der Waals surface area contributed by atoms with E-state index < -0.39 is 48.2 Å². The number of aliphatic hydroxyl groups excluding tert-OH is 1. The molecule has 2 aromatic carbocycles. The smallest absolute Gasteiger partial charge is 0.433 e. The molecule has 2 saturated heterocycles. The van der Waals surface area contributed by atoms with Gasteiger partial charge in [0.1, 0.15) is 12.1 Å². The van der Waals surface area contributed by atoms with Gasteiger partial charge in [0, 0.05) is 26.0 Å². The van der Waals surface area contributed by atoms with Gasteiger partial charge in [0.2, 0.25) is 11.8 Å². The first-order valence-electron chi connectivity index (χ1n) is 12.6. The van der Waals surface area contributed by atoms with Gasteiger partial charge in [-0.3, -0.25) is 19.2 Å². The van der Waals surface area contributed by atoms with E-state index in [1.54, 1.807) is 0 Å². The zero-order chi connectivity index (χ0) is 27.2. The minimum atomic E-state index is -1.40. The van der Waals surface area contributed by atoms with Crippen molar-refractivity contribution in [2.75, 3.05) is 19.7 Å². The van der Waals surface area contributed by atoms with Crippen molar-refractivity contribution >= 4 is 23.8 Å². The molecule has 2 fully saturated rings. The van der Waals surface area contributed by atoms with Crippen LogP contribution < -0.4 is 5.32 Å². The van der Waals surface area contributed by atoms with Crippen molar-refractivity contribution in [2.45, 2.75) is 50.5 Å². The van der Waals surface area contributed by atoms with E-state index in [1.807, 2.05) is 60.7 Å². The van der Waals surface area contributed by atoms with Crippen LogP contribution in [0.15, 0.2) is 60.7 Å². The SMILES string of the molecule is C[C@H]1ON(C(=O)O)C2CN([C@@H](Cc3ccccc3)C(=O)NCCCO)C(=O)[C@H](Cc3ccccc3)N2C1=O. The van der Waals surface area contributed by atoms with Gasteiger partial charge in [-0.05, 0) is 24.5 Å². The number of nitrogens with one attached hydrogen (secondary N) is 1. The largest absolute Gasteiger partial charge is 0.463 e. The predicted octanol–water partition coefficient (Wildman–Crippen LogP) is 1.02. The second kappa shape index (κ2) is 12.1. The molecule has 2 heterocycles. The quantitative estimate of drug-likeness (QED) is 0.416. The summed E-state index contributed by atoms with van der Waals surface area (Å²) in [5, 5.41) is 22.5. The number of hydrogen-bond donors (Lipinski definition) is 3. The van der Waals surface area contributed by atoms with Crippen LogP contribution in [0, 0.1) is 0 Å². The average Bonchev–Trinajstić information content (AvgIpc) is 2.92. The fourth-order valence-electron chi connectivity index (χ4n) is 4.92. The van der Waals surface area contributed by atoms with Gasteiger partial charge in [-0.1, -0.05) is 60.7 Å². The summed E-state index contributed by atoms with van der Waals surface area (Å²) in [5.41, 5.74) is 1.59. The Balaban J connectivity index is 1.74. The molecule has 38 heavy (non-hydrogen) atoms. The van der Waals surface area contributed by atoms with Crippen molar-refractivity contribution in [3.8, 4) is 0 Å². The first kappa shape index (κ1) is 27.1. The normalized spacial score (nSPS) is 22.2. The number of piperazine rings is 1. The molecular weight excluding hydrogens is 492 g/mol. The molecule has 0 aliphatic carbocycles. The maximum atomic E-state index is 14.1. The Morgan fingerprint density at radius 3 is 2.26 bits per heavy atom. The van der Waals surface area contributed by atoms with Crippen LogP contribution in [-0.2, 0) is 32.1 Å². The number of hydroxylamine groups is 2. The van der Waals surface area contributed by atoms with Gasteiger partial charge in [0.15, 0.2) is 12.3 Å². The van der Waals surface area contributed by atoms with E-state index >= 15 is 0 Å². The van der Waals surface area contributed by atoms with E-state index in [0.29, 0.717) is 11.5 Å². The first-order valence-corrected chi connectivity index (χ1v) is 12.6. The number of hydrogen-bond acceptors (Lipinski definition) is 6. The lowest BCUT2D eigenvalue weighted by molar-refractivity contribution is -0.262. The molecule has 2 aliphatic heterocycles. The number of benzene rings is 2. The minimum Gasteiger partial charge on any atom is -0.463 e. The number of fused-ring (bicyclic) bond motifs is 1. The summed E-state index contributed by atoms with van der Waals surface area (Å²) < 4.78 is 0. The van der Waals surface area contributed by atoms with Crippen LogP contribution in [0.3, 0.4) is 0 Å². The molecule has 0 spiro atoms. The number of carbonyl (C=O) groups is 4. The molecule has 1 unspecified atom stereocenters. The summed E-state index contributed by atoms with van der Waals surface area (Å²) in [7, 11) is 0. The monoisotopic (exact) mass is 524 g/mol. The Labute approximate surface area is 220 Å². The predicted molar refractivity (Wildman–Crippen MR) is 135 cm³/mol. The van der Waals surface area contributed by atoms with Gasteiger partial charge >= 0.3 is 6.09 Å². The van der Waals surface area contributed by atoms with E-state index in [-0.39, 0.29) is 32.5 Å². The summed E-state index contributed by atoms with van der Waals surface area (Å²) in [5.74, 6) is -1.37. The molecule has 2 aliphatic rings. The summed E-state index contributed by atoms with van der Waals surface area (Å²) in [6.45, 7) is 1.32. The van der Waals surface area contributed by atoms with Crippen molar-refractivity contribution in [1.82, 2.24) is 20.2 Å². The van der Waals surface area contributed by atoms with E-state index in [2.05, 4.69) is 5.32 Å². The number of nitrogens with zero attached hydrogens (tertiary/aromatic N) is 3. The van der Waals surface area contributed by atoms with Crippen LogP contribution in [0.2, 0.25) is 0 Å². The number of carbonyl (C=O) groups excluding carboxylic acids is 3. The third-order valence-corrected chi connectivity index (χ3v) is 6.77. The van der Waals surface area contributed by atoms with Crippen LogP contribution >= 0.6 is 0 Å². The highest BCUT2D eigenvalue weighted by molar-refractivity contribution is 5.95. The molecular formula is C27H32N4O7. The summed E-state index contributed by atoms with van der Waals surface area (Å²) in [4.78, 5) is 61.0. The second-order valence-electron chi connectivity index (χ2n) is 9.35. The van der Waals surface area contributed by atoms with Crippen LogP contribution in [0.1, 0.15) is 24.5 Å². The summed E-state index contributed by atoms with van der Waals surface area (Å²) in [6, 6.07) is 16.3. The van der Waals surface area contributed by atoms with Crippen LogP contribution in [-0.4, -0.2) is 92.9 Å². The van der Waals surface area contributed by atoms with Gasteiger partial charge in [0.05, 0.1) is 6.54 Å². The van der Waals surface area contributed by atoms with E-state index in [0.717, 1.165) is 11.1 Å². The molecule has 0 aromatic heterocycles. The van der Waals surface area contributed by atoms with Gasteiger partial charge < -0.3 is 25.3 Å². The Kier molecular flexibility index (Phi) is 8.59. The minimum absolute atomic E-state index is 0.104. The number of aliphatic hydroxyl groups is 1. The number of rotatable bonds is 9. The molecule has 4 amide bonds. The zero-order valence-corrected chi connectivity index (χ0v) is 21.1. The Morgan fingerprint density at radius 1 is 1.03 bits per heavy atom. The van der Waals surface area contributed by atoms with E-state index in [1.165, 1.54) is 16.7 Å². The first-order chi connectivity index (χ1) is 18.3. The van der Waals surface area contributed by atoms with Gasteiger partial charge in [0.25, 0.3) is 5.91 Å². The third kappa shape index (κ3) is 5.79. The van der Waals surface area contributed by atoms with Crippen LogP contribution in [0.4, 0.5) is 4.79 Å². The molecule has 11 heteroatoms. The van der Waals surface area contributed by atoms with Crippen molar-refractivity contribution in [1.29, 1.82) is 0 Å². The molecule has 3 N–H and O–H groups in total. The Hall–Kier alpha value is -3.96. The molecule has 11 nitrogen and oxygen atoms in total. The standard InChI is InChI=1S/C27H32N4O7/c1-18-25(34)30-22(16-20-11-6-3-7-12-20)26(35)29(17-23(30)31(38-18)27(36)37)21(24(33)28-13-8-14-32)15-19-9-4-2-5-10-19/h2-7,9-12,18,21-23,32H,8,13-17H2,1H3,(H,28,33)(H,36,37)/t18-,21+,22+,23?/m1/s1. The fraction of sp³-hybridized carbons (Fsp3) is 0.407. The molecule has 202 valence electrons. The van der Waals surface area contributed by atoms with Gasteiger partial charge in [-0.2, -0.15) is 5.06 Å².